The van der Waals surface area contributed by atoms with Crippen LogP contribution in [0, 0.1) is 17.5 Å². The molecule has 0 bridgehead atoms. The molecule has 1 aliphatic rings. The standard InChI is InChI=1S/C35H34F3N7O3/c1-39-43-35(47)27-18-23(8-9-28(27)38)26-5-4-10-40-34(26)30(17-22-15-24(36)19-25(37)16-22)42-33(46)21-45-31-7-3-2-6-29(31)41-32(45)20-44-11-13-48-14-12-44/h2-10,15-16,18-19,30,39H,11-14,17,20-21H2,1H3,(H,42,46)(H,43,47). The number of nitrogens with zero attached hydrogens (tertiary/aromatic N) is 4. The summed E-state index contributed by atoms with van der Waals surface area (Å²) in [5.74, 6) is -2.58. The van der Waals surface area contributed by atoms with Gasteiger partial charge in [-0.05, 0) is 60.0 Å². The maximum absolute atomic E-state index is 14.7. The molecule has 1 aliphatic heterocycles. The molecular weight excluding hydrogens is 623 g/mol. The van der Waals surface area contributed by atoms with Crippen LogP contribution in [0.2, 0.25) is 0 Å². The van der Waals surface area contributed by atoms with Crippen LogP contribution >= 0.6 is 0 Å². The molecule has 48 heavy (non-hydrogen) atoms. The lowest BCUT2D eigenvalue weighted by Crippen LogP contribution is -2.37. The highest BCUT2D eigenvalue weighted by Gasteiger charge is 2.24. The van der Waals surface area contributed by atoms with Crippen LogP contribution in [0.1, 0.15) is 33.5 Å². The van der Waals surface area contributed by atoms with Crippen LogP contribution in [0.5, 0.6) is 0 Å². The van der Waals surface area contributed by atoms with E-state index in [1.165, 1.54) is 43.6 Å². The first-order valence-electron chi connectivity index (χ1n) is 15.5. The molecule has 10 nitrogen and oxygen atoms in total. The van der Waals surface area contributed by atoms with Crippen molar-refractivity contribution in [3.05, 3.63) is 119 Å². The maximum atomic E-state index is 14.7. The Balaban J connectivity index is 1.36. The highest BCUT2D eigenvalue weighted by Crippen LogP contribution is 2.31. The first-order valence-corrected chi connectivity index (χ1v) is 15.5. The van der Waals surface area contributed by atoms with Gasteiger partial charge in [-0.3, -0.25) is 24.9 Å². The Morgan fingerprint density at radius 1 is 0.958 bits per heavy atom. The lowest BCUT2D eigenvalue weighted by atomic mass is 9.94. The molecule has 2 amide bonds. The largest absolute Gasteiger partial charge is 0.379 e. The molecule has 2 aromatic heterocycles. The Labute approximate surface area is 274 Å². The predicted molar refractivity (Wildman–Crippen MR) is 173 cm³/mol. The molecule has 0 radical (unpaired) electrons. The van der Waals surface area contributed by atoms with Crippen molar-refractivity contribution in [1.29, 1.82) is 0 Å². The molecule has 3 heterocycles. The summed E-state index contributed by atoms with van der Waals surface area (Å²) < 4.78 is 50.6. The SMILES string of the molecule is CNNC(=O)c1cc(-c2cccnc2C(Cc2cc(F)cc(F)c2)NC(=O)Cn2c(CN3CCOCC3)nc3ccccc32)ccc1F. The summed E-state index contributed by atoms with van der Waals surface area (Å²) in [6, 6.07) is 17.3. The summed E-state index contributed by atoms with van der Waals surface area (Å²) in [6.07, 6.45) is 1.52. The smallest absolute Gasteiger partial charge is 0.268 e. The van der Waals surface area contributed by atoms with Gasteiger partial charge in [0, 0.05) is 38.0 Å². The number of morpholine rings is 1. The van der Waals surface area contributed by atoms with E-state index in [4.69, 9.17) is 9.72 Å². The molecule has 1 saturated heterocycles. The third-order valence-corrected chi connectivity index (χ3v) is 8.13. The van der Waals surface area contributed by atoms with Crippen LogP contribution in [0.4, 0.5) is 13.2 Å². The van der Waals surface area contributed by atoms with E-state index in [-0.39, 0.29) is 24.4 Å². The van der Waals surface area contributed by atoms with Crippen molar-refractivity contribution in [2.75, 3.05) is 33.4 Å². The molecule has 1 unspecified atom stereocenters. The fourth-order valence-electron chi connectivity index (χ4n) is 5.93. The number of halogens is 3. The molecule has 0 saturated carbocycles. The van der Waals surface area contributed by atoms with Crippen LogP contribution in [-0.2, 0) is 29.0 Å². The number of benzene rings is 3. The first kappa shape index (κ1) is 32.8. The predicted octanol–water partition coefficient (Wildman–Crippen LogP) is 4.31. The fourth-order valence-corrected chi connectivity index (χ4v) is 5.93. The molecular formula is C35H34F3N7O3. The Morgan fingerprint density at radius 3 is 2.50 bits per heavy atom. The summed E-state index contributed by atoms with van der Waals surface area (Å²) in [5.41, 5.74) is 7.81. The molecule has 0 aliphatic carbocycles. The highest BCUT2D eigenvalue weighted by atomic mass is 19.1. The summed E-state index contributed by atoms with van der Waals surface area (Å²) >= 11 is 0. The van der Waals surface area contributed by atoms with E-state index in [0.29, 0.717) is 48.0 Å². The Bertz CT molecular complexity index is 1920. The average molecular weight is 658 g/mol. The monoisotopic (exact) mass is 657 g/mol. The number of carbonyl (C=O) groups excluding carboxylic acids is 2. The third-order valence-electron chi connectivity index (χ3n) is 8.13. The molecule has 248 valence electrons. The third kappa shape index (κ3) is 7.54. The van der Waals surface area contributed by atoms with Crippen LogP contribution in [0.25, 0.3) is 22.2 Å². The number of aromatic nitrogens is 3. The molecule has 13 heteroatoms. The number of hydrazine groups is 1. The van der Waals surface area contributed by atoms with Gasteiger partial charge in [0.1, 0.15) is 29.8 Å². The van der Waals surface area contributed by atoms with Gasteiger partial charge in [0.05, 0.1) is 48.1 Å². The second-order valence-electron chi connectivity index (χ2n) is 11.4. The van der Waals surface area contributed by atoms with Crippen LogP contribution in [-0.4, -0.2) is 64.6 Å². The van der Waals surface area contributed by atoms with E-state index in [9.17, 15) is 22.8 Å². The summed E-state index contributed by atoms with van der Waals surface area (Å²) in [4.78, 5) is 38.1. The molecule has 1 fully saturated rings. The van der Waals surface area contributed by atoms with E-state index in [0.717, 1.165) is 30.2 Å². The van der Waals surface area contributed by atoms with Crippen molar-refractivity contribution in [2.45, 2.75) is 25.6 Å². The van der Waals surface area contributed by atoms with Crippen molar-refractivity contribution >= 4 is 22.8 Å². The number of ether oxygens (including phenoxy) is 1. The van der Waals surface area contributed by atoms with Crippen molar-refractivity contribution in [2.24, 2.45) is 0 Å². The number of hydrogen-bond donors (Lipinski definition) is 3. The zero-order chi connectivity index (χ0) is 33.6. The number of hydrogen-bond acceptors (Lipinski definition) is 7. The molecule has 1 atom stereocenters. The van der Waals surface area contributed by atoms with Crippen LogP contribution < -0.4 is 16.2 Å². The number of pyridine rings is 1. The molecule has 0 spiro atoms. The molecule has 6 rings (SSSR count). The second kappa shape index (κ2) is 14.8. The topological polar surface area (TPSA) is 113 Å². The normalized spacial score (nSPS) is 14.2. The number of para-hydroxylation sites is 2. The summed E-state index contributed by atoms with van der Waals surface area (Å²) in [5, 5.41) is 3.04. The average Bonchev–Trinajstić information content (AvgIpc) is 3.41. The van der Waals surface area contributed by atoms with Gasteiger partial charge >= 0.3 is 0 Å². The fraction of sp³-hybridized carbons (Fsp3) is 0.257. The maximum Gasteiger partial charge on any atom is 0.268 e. The lowest BCUT2D eigenvalue weighted by Gasteiger charge is -2.26. The summed E-state index contributed by atoms with van der Waals surface area (Å²) in [7, 11) is 1.49. The van der Waals surface area contributed by atoms with E-state index in [1.807, 2.05) is 28.8 Å². The number of nitrogens with one attached hydrogen (secondary N) is 3. The van der Waals surface area contributed by atoms with Gasteiger partial charge < -0.3 is 14.6 Å². The minimum absolute atomic E-state index is 0.00988. The molecule has 3 N–H and O–H groups in total. The van der Waals surface area contributed by atoms with Gasteiger partial charge in [0.25, 0.3) is 5.91 Å². The second-order valence-corrected chi connectivity index (χ2v) is 11.4. The van der Waals surface area contributed by atoms with Gasteiger partial charge in [-0.15, -0.1) is 0 Å². The zero-order valence-electron chi connectivity index (χ0n) is 26.2. The van der Waals surface area contributed by atoms with E-state index in [2.05, 4.69) is 26.1 Å². The number of rotatable bonds is 11. The van der Waals surface area contributed by atoms with Crippen molar-refractivity contribution in [3.63, 3.8) is 0 Å². The zero-order valence-corrected chi connectivity index (χ0v) is 26.2. The van der Waals surface area contributed by atoms with Gasteiger partial charge in [0.2, 0.25) is 5.91 Å². The van der Waals surface area contributed by atoms with E-state index in [1.54, 1.807) is 12.1 Å². The lowest BCUT2D eigenvalue weighted by molar-refractivity contribution is -0.122. The Morgan fingerprint density at radius 2 is 1.73 bits per heavy atom. The number of carbonyl (C=O) groups is 2. The van der Waals surface area contributed by atoms with Crippen molar-refractivity contribution < 1.29 is 27.5 Å². The Hall–Kier alpha value is -5.11. The highest BCUT2D eigenvalue weighted by molar-refractivity contribution is 5.95. The van der Waals surface area contributed by atoms with Gasteiger partial charge in [-0.1, -0.05) is 24.3 Å². The quantitative estimate of drug-likeness (QED) is 0.182. The minimum atomic E-state index is -0.869. The van der Waals surface area contributed by atoms with Gasteiger partial charge in [-0.2, -0.15) is 0 Å². The van der Waals surface area contributed by atoms with E-state index < -0.39 is 29.4 Å². The molecule has 5 aromatic rings. The Kier molecular flexibility index (Phi) is 10.1. The number of fused-ring (bicyclic) bond motifs is 1. The molecule has 3 aromatic carbocycles. The van der Waals surface area contributed by atoms with Crippen molar-refractivity contribution in [3.8, 4) is 11.1 Å². The van der Waals surface area contributed by atoms with Crippen LogP contribution in [0.3, 0.4) is 0 Å². The van der Waals surface area contributed by atoms with Gasteiger partial charge in [-0.25, -0.2) is 23.6 Å². The first-order chi connectivity index (χ1) is 23.3. The minimum Gasteiger partial charge on any atom is -0.379 e. The summed E-state index contributed by atoms with van der Waals surface area (Å²) in [6.45, 7) is 3.16. The number of imidazole rings is 1. The van der Waals surface area contributed by atoms with Crippen LogP contribution in [0.15, 0.2) is 79.0 Å². The van der Waals surface area contributed by atoms with Crippen molar-refractivity contribution in [1.82, 2.24) is 35.6 Å². The van der Waals surface area contributed by atoms with Gasteiger partial charge in [0.15, 0.2) is 0 Å². The number of amides is 2. The van der Waals surface area contributed by atoms with E-state index >= 15 is 0 Å².